The molecule has 1 aromatic carbocycles. The first kappa shape index (κ1) is 18.2. The smallest absolute Gasteiger partial charge is 0.339 e. The average Bonchev–Trinajstić information content (AvgIpc) is 2.79. The van der Waals surface area contributed by atoms with Gasteiger partial charge in [0, 0.05) is 0 Å². The van der Waals surface area contributed by atoms with Crippen molar-refractivity contribution in [1.82, 2.24) is 0 Å². The van der Waals surface area contributed by atoms with Crippen LogP contribution in [0.1, 0.15) is 105 Å². The quantitative estimate of drug-likeness (QED) is 0.338. The van der Waals surface area contributed by atoms with Crippen molar-refractivity contribution in [2.24, 2.45) is 11.8 Å². The van der Waals surface area contributed by atoms with Crippen LogP contribution in [-0.4, -0.2) is 25.2 Å². The fourth-order valence-corrected chi connectivity index (χ4v) is 2.95. The molecule has 4 heteroatoms. The van der Waals surface area contributed by atoms with E-state index in [-0.39, 0.29) is 25.0 Å². The lowest BCUT2D eigenvalue weighted by molar-refractivity contribution is 0.0381. The van der Waals surface area contributed by atoms with E-state index < -0.39 is 47.2 Å². The first-order valence-corrected chi connectivity index (χ1v) is 10.7. The fraction of sp³-hybridized carbons (Fsp3) is 0.667. The van der Waals surface area contributed by atoms with Crippen molar-refractivity contribution < 1.29 is 24.5 Å². The van der Waals surface area contributed by atoms with Gasteiger partial charge in [0.05, 0.1) is 29.8 Å². The van der Waals surface area contributed by atoms with E-state index in [1.54, 1.807) is 0 Å². The van der Waals surface area contributed by atoms with Crippen molar-refractivity contribution in [1.29, 1.82) is 0 Å². The van der Waals surface area contributed by atoms with E-state index in [1.165, 1.54) is 0 Å². The van der Waals surface area contributed by atoms with Crippen LogP contribution in [0.2, 0.25) is 0 Å². The summed E-state index contributed by atoms with van der Waals surface area (Å²) in [7, 11) is 0. The second kappa shape index (κ2) is 14.2. The third kappa shape index (κ3) is 8.45. The number of ether oxygens (including phenoxy) is 2. The molecule has 0 aliphatic rings. The number of hydrogen-bond donors (Lipinski definition) is 0. The molecule has 0 bridgehead atoms. The topological polar surface area (TPSA) is 52.6 Å². The predicted octanol–water partition coefficient (Wildman–Crippen LogP) is 6.43. The summed E-state index contributed by atoms with van der Waals surface area (Å²) in [6, 6.07) is -2.32. The molecular weight excluding hydrogens is 358 g/mol. The van der Waals surface area contributed by atoms with Gasteiger partial charge in [-0.05, 0) is 36.8 Å². The molecule has 2 atom stereocenters. The molecule has 0 spiro atoms. The molecule has 0 saturated carbocycles. The minimum Gasteiger partial charge on any atom is -0.462 e. The largest absolute Gasteiger partial charge is 0.462 e. The van der Waals surface area contributed by atoms with E-state index >= 15 is 0 Å². The Balaban J connectivity index is 3.15. The summed E-state index contributed by atoms with van der Waals surface area (Å²) < 4.78 is 43.0. The van der Waals surface area contributed by atoms with Crippen molar-refractivity contribution in [3.05, 3.63) is 35.3 Å². The van der Waals surface area contributed by atoms with Gasteiger partial charge in [-0.25, -0.2) is 9.59 Å². The Kier molecular flexibility index (Phi) is 9.23. The van der Waals surface area contributed by atoms with Crippen molar-refractivity contribution in [3.63, 3.8) is 0 Å². The maximum atomic E-state index is 12.9. The molecule has 0 aliphatic carbocycles. The molecule has 1 aromatic rings. The van der Waals surface area contributed by atoms with E-state index in [4.69, 9.17) is 15.0 Å². The van der Waals surface area contributed by atoms with Crippen LogP contribution in [0.5, 0.6) is 0 Å². The van der Waals surface area contributed by atoms with Crippen LogP contribution < -0.4 is 0 Å². The third-order valence-corrected chi connectivity index (χ3v) is 5.08. The number of benzene rings is 1. The minimum atomic E-state index is -0.920. The van der Waals surface area contributed by atoms with Gasteiger partial charge in [-0.1, -0.05) is 78.3 Å². The molecule has 2 unspecified atom stereocenters. The van der Waals surface area contributed by atoms with Crippen LogP contribution in [0.4, 0.5) is 0 Å². The summed E-state index contributed by atoms with van der Waals surface area (Å²) in [5.74, 6) is -1.52. The standard InChI is InChI=1S/C24H38O4/c1-5-9-13-19(7-3)17-27-23(25)21-15-11-12-16-22(21)24(26)28-18-20(8-4)14-10-6-2/h11-12,15-16,19-20H,5-10,13-14,17-18H2,1-4H3/i11+1D,12+1D,15+1D,16+1D,21+1,22+1. The predicted molar refractivity (Wildman–Crippen MR) is 114 cm³/mol. The zero-order valence-corrected chi connectivity index (χ0v) is 17.9. The van der Waals surface area contributed by atoms with Crippen LogP contribution in [0.3, 0.4) is 0 Å². The van der Waals surface area contributed by atoms with Crippen LogP contribution in [-0.2, 0) is 9.47 Å². The Labute approximate surface area is 176 Å². The van der Waals surface area contributed by atoms with Crippen LogP contribution in [0.15, 0.2) is 24.2 Å². The highest BCUT2D eigenvalue weighted by Gasteiger charge is 2.21. The van der Waals surface area contributed by atoms with Crippen molar-refractivity contribution in [3.8, 4) is 0 Å². The second-order valence-corrected chi connectivity index (χ2v) is 7.28. The van der Waals surface area contributed by atoms with Gasteiger partial charge in [0.15, 0.2) is 0 Å². The second-order valence-electron chi connectivity index (χ2n) is 7.28. The monoisotopic (exact) mass is 400 g/mol. The highest BCUT2D eigenvalue weighted by atomic mass is 16.5. The Hall–Kier alpha value is -1.84. The summed E-state index contributed by atoms with van der Waals surface area (Å²) in [4.78, 5) is 25.7. The molecule has 4 nitrogen and oxygen atoms in total. The maximum Gasteiger partial charge on any atom is 0.339 e. The van der Waals surface area contributed by atoms with Gasteiger partial charge < -0.3 is 9.47 Å². The Morgan fingerprint density at radius 2 is 1.21 bits per heavy atom. The average molecular weight is 401 g/mol. The SMILES string of the molecule is [2H][13c]1[13c]([2H])[13c]([2H])[13c](C(=O)OCC(CC)CCCC)[13c](C(=O)OCC(CC)CCCC)[13c]1[2H]. The van der Waals surface area contributed by atoms with Gasteiger partial charge in [0.2, 0.25) is 0 Å². The first-order chi connectivity index (χ1) is 15.2. The Bertz CT molecular complexity index is 704. The molecular formula is C24H38O4. The van der Waals surface area contributed by atoms with Crippen LogP contribution in [0, 0.1) is 11.8 Å². The molecule has 0 amide bonds. The summed E-state index contributed by atoms with van der Waals surface area (Å²) in [6.45, 7) is 8.47. The minimum absolute atomic E-state index is 0.140. The normalized spacial score (nSPS) is 15.0. The number of carbonyl (C=O) groups excluding carboxylic acids is 2. The first-order valence-electron chi connectivity index (χ1n) is 12.7. The maximum absolute atomic E-state index is 12.9. The summed E-state index contributed by atoms with van der Waals surface area (Å²) >= 11 is 0. The number of esters is 2. The van der Waals surface area contributed by atoms with Gasteiger partial charge in [-0.2, -0.15) is 0 Å². The number of rotatable bonds is 14. The number of carbonyl (C=O) groups is 2. The third-order valence-electron chi connectivity index (χ3n) is 5.08. The van der Waals surface area contributed by atoms with Crippen LogP contribution in [0.25, 0.3) is 0 Å². The van der Waals surface area contributed by atoms with Gasteiger partial charge >= 0.3 is 11.9 Å². The van der Waals surface area contributed by atoms with E-state index in [0.717, 1.165) is 51.4 Å². The highest BCUT2D eigenvalue weighted by Crippen LogP contribution is 2.18. The molecule has 0 aliphatic heterocycles. The lowest BCUT2D eigenvalue weighted by Crippen LogP contribution is -2.19. The lowest BCUT2D eigenvalue weighted by Gasteiger charge is -2.17. The lowest BCUT2D eigenvalue weighted by atomic mass is 10.0. The number of unbranched alkanes of at least 4 members (excludes halogenated alkanes) is 2. The molecule has 0 aromatic heterocycles. The van der Waals surface area contributed by atoms with Crippen molar-refractivity contribution in [2.75, 3.05) is 13.2 Å². The molecule has 0 saturated heterocycles. The zero-order valence-electron chi connectivity index (χ0n) is 21.9. The Morgan fingerprint density at radius 1 is 0.821 bits per heavy atom. The summed E-state index contributed by atoms with van der Waals surface area (Å²) in [5.41, 5.74) is -0.902. The van der Waals surface area contributed by atoms with Crippen molar-refractivity contribution in [2.45, 2.75) is 79.1 Å². The van der Waals surface area contributed by atoms with Gasteiger partial charge in [-0.15, -0.1) is 0 Å². The zero-order chi connectivity index (χ0) is 24.3. The Morgan fingerprint density at radius 3 is 1.54 bits per heavy atom. The molecule has 158 valence electrons. The van der Waals surface area contributed by atoms with Crippen LogP contribution >= 0.6 is 0 Å². The molecule has 0 radical (unpaired) electrons. The molecule has 0 heterocycles. The fourth-order valence-electron chi connectivity index (χ4n) is 2.95. The summed E-state index contributed by atoms with van der Waals surface area (Å²) in [6.07, 6.45) is 7.53. The van der Waals surface area contributed by atoms with Crippen molar-refractivity contribution >= 4 is 11.9 Å². The van der Waals surface area contributed by atoms with E-state index in [1.807, 2.05) is 13.8 Å². The van der Waals surface area contributed by atoms with Gasteiger partial charge in [0.1, 0.15) is 0 Å². The number of hydrogen-bond acceptors (Lipinski definition) is 4. The molecule has 1 rings (SSSR count). The molecule has 0 N–H and O–H groups in total. The van der Waals surface area contributed by atoms with E-state index in [9.17, 15) is 9.59 Å². The van der Waals surface area contributed by atoms with E-state index in [2.05, 4.69) is 13.8 Å². The highest BCUT2D eigenvalue weighted by molar-refractivity contribution is 6.03. The molecule has 28 heavy (non-hydrogen) atoms. The molecule has 0 fully saturated rings. The summed E-state index contributed by atoms with van der Waals surface area (Å²) in [5, 5.41) is 0. The van der Waals surface area contributed by atoms with Gasteiger partial charge in [0.25, 0.3) is 0 Å². The van der Waals surface area contributed by atoms with E-state index in [0.29, 0.717) is 0 Å². The van der Waals surface area contributed by atoms with Gasteiger partial charge in [-0.3, -0.25) is 0 Å².